The summed E-state index contributed by atoms with van der Waals surface area (Å²) in [6.45, 7) is 2.60. The van der Waals surface area contributed by atoms with Gasteiger partial charge in [-0.2, -0.15) is 13.2 Å². The molecule has 9 nitrogen and oxygen atoms in total. The third-order valence-electron chi connectivity index (χ3n) is 8.69. The number of phenolic OH excluding ortho intramolecular Hbond substituents is 1. The van der Waals surface area contributed by atoms with Gasteiger partial charge in [-0.1, -0.05) is 42.5 Å². The Labute approximate surface area is 271 Å². The Bertz CT molecular complexity index is 2050. The standard InChI is InChI=1S/C36H28F3NO8/c1-18(41)29-24(42)15-28-35(2,33(29)44)31-25(43)14-27(46-3)30(32(31)48-28)34(45)40-16-20-10-13-26(23-7-5-4-6-22(20)23)47-17-19-8-11-21(12-9-19)36(37,38)39/h4-15,29,43H,16-17H2,1-3H3,(H,40,45)/t29?,35-/m1/s1. The van der Waals surface area contributed by atoms with Crippen LogP contribution in [0, 0.1) is 5.92 Å². The van der Waals surface area contributed by atoms with Gasteiger partial charge in [-0.3, -0.25) is 19.2 Å². The fraction of sp³-hybridized carbons (Fsp3) is 0.222. The van der Waals surface area contributed by atoms with E-state index in [2.05, 4.69) is 5.32 Å². The zero-order valence-corrected chi connectivity index (χ0v) is 25.9. The van der Waals surface area contributed by atoms with Crippen LogP contribution in [0.3, 0.4) is 0 Å². The highest BCUT2D eigenvalue weighted by Gasteiger charge is 2.58. The zero-order chi connectivity index (χ0) is 34.5. The van der Waals surface area contributed by atoms with Crippen molar-refractivity contribution in [3.05, 3.63) is 106 Å². The van der Waals surface area contributed by atoms with Crippen LogP contribution in [0.15, 0.2) is 78.6 Å². The highest BCUT2D eigenvalue weighted by Crippen LogP contribution is 2.56. The molecule has 4 aromatic carbocycles. The van der Waals surface area contributed by atoms with Gasteiger partial charge in [0.15, 0.2) is 17.3 Å². The number of methoxy groups -OCH3 is 1. The van der Waals surface area contributed by atoms with Crippen LogP contribution in [0.4, 0.5) is 13.2 Å². The molecule has 4 aromatic rings. The summed E-state index contributed by atoms with van der Waals surface area (Å²) in [6.07, 6.45) is -3.39. The lowest BCUT2D eigenvalue weighted by atomic mass is 9.67. The van der Waals surface area contributed by atoms with Crippen molar-refractivity contribution in [2.45, 2.75) is 38.6 Å². The molecule has 0 saturated heterocycles. The molecule has 1 heterocycles. The van der Waals surface area contributed by atoms with E-state index in [1.807, 2.05) is 12.1 Å². The molecule has 2 N–H and O–H groups in total. The number of carbonyl (C=O) groups excluding carboxylic acids is 4. The van der Waals surface area contributed by atoms with Crippen molar-refractivity contribution < 1.29 is 51.7 Å². The number of fused-ring (bicyclic) bond motifs is 4. The molecule has 48 heavy (non-hydrogen) atoms. The van der Waals surface area contributed by atoms with E-state index in [1.165, 1.54) is 32.2 Å². The average molecular weight is 660 g/mol. The molecule has 1 aliphatic carbocycles. The number of benzene rings is 4. The van der Waals surface area contributed by atoms with Crippen LogP contribution in [-0.4, -0.2) is 35.5 Å². The number of halogens is 3. The maximum Gasteiger partial charge on any atom is 0.416 e. The molecule has 1 unspecified atom stereocenters. The third-order valence-corrected chi connectivity index (χ3v) is 8.69. The Morgan fingerprint density at radius 1 is 1.00 bits per heavy atom. The number of allylic oxidation sites excluding steroid dienone is 2. The second-order valence-corrected chi connectivity index (χ2v) is 11.7. The quantitative estimate of drug-likeness (QED) is 0.222. The number of Topliss-reactive ketones (excluding diaryl/α,β-unsaturated/α-hetero) is 2. The fourth-order valence-electron chi connectivity index (χ4n) is 6.18. The summed E-state index contributed by atoms with van der Waals surface area (Å²) in [4.78, 5) is 52.1. The van der Waals surface area contributed by atoms with Crippen LogP contribution in [0.2, 0.25) is 0 Å². The maximum absolute atomic E-state index is 13.8. The van der Waals surface area contributed by atoms with Gasteiger partial charge in [0.25, 0.3) is 5.91 Å². The Balaban J connectivity index is 1.27. The first-order valence-electron chi connectivity index (χ1n) is 14.8. The smallest absolute Gasteiger partial charge is 0.416 e. The predicted molar refractivity (Wildman–Crippen MR) is 166 cm³/mol. The van der Waals surface area contributed by atoms with E-state index in [0.29, 0.717) is 22.3 Å². The number of amides is 1. The summed E-state index contributed by atoms with van der Waals surface area (Å²) >= 11 is 0. The summed E-state index contributed by atoms with van der Waals surface area (Å²) < 4.78 is 56.1. The normalized spacial score (nSPS) is 18.5. The van der Waals surface area contributed by atoms with Gasteiger partial charge in [-0.05, 0) is 48.6 Å². The molecule has 0 radical (unpaired) electrons. The van der Waals surface area contributed by atoms with Crippen LogP contribution in [0.1, 0.15) is 46.5 Å². The monoisotopic (exact) mass is 659 g/mol. The molecular weight excluding hydrogens is 631 g/mol. The van der Waals surface area contributed by atoms with E-state index in [1.54, 1.807) is 24.3 Å². The lowest BCUT2D eigenvalue weighted by molar-refractivity contribution is -0.141. The zero-order valence-electron chi connectivity index (χ0n) is 25.9. The number of alkyl halides is 3. The summed E-state index contributed by atoms with van der Waals surface area (Å²) in [7, 11) is 1.29. The van der Waals surface area contributed by atoms with Crippen molar-refractivity contribution in [1.82, 2.24) is 5.32 Å². The molecule has 0 saturated carbocycles. The summed E-state index contributed by atoms with van der Waals surface area (Å²) in [5.74, 6) is -4.65. The molecule has 0 aromatic heterocycles. The second kappa shape index (κ2) is 11.9. The van der Waals surface area contributed by atoms with Crippen molar-refractivity contribution in [3.63, 3.8) is 0 Å². The van der Waals surface area contributed by atoms with E-state index in [-0.39, 0.29) is 41.5 Å². The first-order chi connectivity index (χ1) is 22.7. The Hall–Kier alpha value is -5.65. The van der Waals surface area contributed by atoms with Crippen molar-refractivity contribution >= 4 is 34.0 Å². The van der Waals surface area contributed by atoms with Crippen molar-refractivity contribution in [2.24, 2.45) is 5.92 Å². The Morgan fingerprint density at radius 2 is 1.69 bits per heavy atom. The first-order valence-corrected chi connectivity index (χ1v) is 14.8. The number of ether oxygens (including phenoxy) is 3. The highest BCUT2D eigenvalue weighted by atomic mass is 19.4. The van der Waals surface area contributed by atoms with E-state index < -0.39 is 52.1 Å². The van der Waals surface area contributed by atoms with E-state index >= 15 is 0 Å². The van der Waals surface area contributed by atoms with Crippen molar-refractivity contribution in [1.29, 1.82) is 0 Å². The third kappa shape index (κ3) is 5.32. The molecule has 6 rings (SSSR count). The number of hydrogen-bond acceptors (Lipinski definition) is 8. The number of hydrogen-bond donors (Lipinski definition) is 2. The molecule has 12 heteroatoms. The summed E-state index contributed by atoms with van der Waals surface area (Å²) in [5.41, 5.74) is -1.37. The van der Waals surface area contributed by atoms with Gasteiger partial charge in [0.1, 0.15) is 52.3 Å². The lowest BCUT2D eigenvalue weighted by Crippen LogP contribution is -2.47. The van der Waals surface area contributed by atoms with Gasteiger partial charge in [-0.15, -0.1) is 0 Å². The lowest BCUT2D eigenvalue weighted by Gasteiger charge is -2.30. The largest absolute Gasteiger partial charge is 0.507 e. The first kappa shape index (κ1) is 32.3. The number of rotatable bonds is 8. The minimum atomic E-state index is -4.44. The van der Waals surface area contributed by atoms with Gasteiger partial charge in [0.2, 0.25) is 0 Å². The molecule has 246 valence electrons. The van der Waals surface area contributed by atoms with Crippen LogP contribution >= 0.6 is 0 Å². The van der Waals surface area contributed by atoms with Crippen LogP contribution in [0.25, 0.3) is 10.8 Å². The average Bonchev–Trinajstić information content (AvgIpc) is 3.35. The maximum atomic E-state index is 13.8. The molecule has 0 bridgehead atoms. The predicted octanol–water partition coefficient (Wildman–Crippen LogP) is 5.97. The molecular formula is C36H28F3NO8. The number of nitrogens with one attached hydrogen (secondary N) is 1. The number of phenols is 1. The highest BCUT2D eigenvalue weighted by molar-refractivity contribution is 6.27. The van der Waals surface area contributed by atoms with Crippen LogP contribution in [0.5, 0.6) is 23.0 Å². The molecule has 2 aliphatic rings. The second-order valence-electron chi connectivity index (χ2n) is 11.7. The fourth-order valence-corrected chi connectivity index (χ4v) is 6.18. The van der Waals surface area contributed by atoms with E-state index in [9.17, 15) is 37.5 Å². The van der Waals surface area contributed by atoms with Gasteiger partial charge in [0.05, 0.1) is 18.2 Å². The number of ketones is 3. The van der Waals surface area contributed by atoms with Crippen LogP contribution < -0.4 is 19.5 Å². The van der Waals surface area contributed by atoms with Crippen LogP contribution in [-0.2, 0) is 39.1 Å². The van der Waals surface area contributed by atoms with Gasteiger partial charge in [-0.25, -0.2) is 0 Å². The Kier molecular flexibility index (Phi) is 7.98. The molecule has 0 spiro atoms. The minimum absolute atomic E-state index is 0.0150. The molecule has 1 amide bonds. The van der Waals surface area contributed by atoms with E-state index in [4.69, 9.17) is 14.2 Å². The topological polar surface area (TPSA) is 128 Å². The van der Waals surface area contributed by atoms with Crippen molar-refractivity contribution in [3.8, 4) is 23.0 Å². The van der Waals surface area contributed by atoms with Gasteiger partial charge < -0.3 is 24.6 Å². The number of aromatic hydroxyl groups is 1. The SMILES string of the molecule is COc1cc(O)c2c(c1C(=O)NCc1ccc(OCc3ccc(C(F)(F)F)cc3)c3ccccc13)OC1=CC(=O)C(C(C)=O)C(=O)[C@]12C. The van der Waals surface area contributed by atoms with Crippen molar-refractivity contribution in [2.75, 3.05) is 7.11 Å². The molecule has 2 atom stereocenters. The summed E-state index contributed by atoms with van der Waals surface area (Å²) in [6, 6.07) is 16.6. The van der Waals surface area contributed by atoms with Gasteiger partial charge in [0, 0.05) is 24.1 Å². The van der Waals surface area contributed by atoms with Gasteiger partial charge >= 0.3 is 6.18 Å². The summed E-state index contributed by atoms with van der Waals surface area (Å²) in [5, 5.41) is 15.2. The Morgan fingerprint density at radius 3 is 2.33 bits per heavy atom. The van der Waals surface area contributed by atoms with E-state index in [0.717, 1.165) is 30.5 Å². The number of carbonyl (C=O) groups is 4. The minimum Gasteiger partial charge on any atom is -0.507 e. The molecule has 0 fully saturated rings. The molecule has 1 aliphatic heterocycles.